The van der Waals surface area contributed by atoms with E-state index in [1.165, 1.54) is 11.1 Å². The molecule has 0 radical (unpaired) electrons. The molecule has 2 rings (SSSR count). The molecule has 0 aromatic carbocycles. The molecule has 0 bridgehead atoms. The quantitative estimate of drug-likeness (QED) is 0.843. The van der Waals surface area contributed by atoms with Crippen LogP contribution in [0.3, 0.4) is 0 Å². The largest absolute Gasteiger partial charge is 0.482 e. The Morgan fingerprint density at radius 1 is 1.56 bits per heavy atom. The van der Waals surface area contributed by atoms with Crippen molar-refractivity contribution in [2.45, 2.75) is 18.9 Å². The zero-order chi connectivity index (χ0) is 13.0. The van der Waals surface area contributed by atoms with Crippen molar-refractivity contribution in [1.29, 1.82) is 0 Å². The Hall–Kier alpha value is -2.11. The third-order valence-corrected chi connectivity index (χ3v) is 2.85. The number of carboxylic acids is 1. The number of hydrogen-bond acceptors (Lipinski definition) is 4. The van der Waals surface area contributed by atoms with E-state index in [2.05, 4.69) is 4.98 Å². The topological polar surface area (TPSA) is 79.7 Å². The van der Waals surface area contributed by atoms with Gasteiger partial charge in [0, 0.05) is 12.7 Å². The average Bonchev–Trinajstić information content (AvgIpc) is 2.86. The predicted octanol–water partition coefficient (Wildman–Crippen LogP) is 0.536. The molecule has 2 heterocycles. The Labute approximate surface area is 104 Å². The second-order valence-corrected chi connectivity index (χ2v) is 4.06. The first-order valence-corrected chi connectivity index (χ1v) is 5.73. The van der Waals surface area contributed by atoms with E-state index < -0.39 is 12.0 Å². The van der Waals surface area contributed by atoms with Crippen molar-refractivity contribution < 1.29 is 19.4 Å². The third-order valence-electron chi connectivity index (χ3n) is 2.85. The molecule has 1 amide bonds. The highest BCUT2D eigenvalue weighted by molar-refractivity contribution is 5.85. The summed E-state index contributed by atoms with van der Waals surface area (Å²) in [6, 6.07) is 2.68. The van der Waals surface area contributed by atoms with Crippen LogP contribution >= 0.6 is 0 Å². The lowest BCUT2D eigenvalue weighted by Gasteiger charge is -2.21. The molecule has 1 aliphatic heterocycles. The summed E-state index contributed by atoms with van der Waals surface area (Å²) in [6.07, 6.45) is 4.34. The fraction of sp³-hybridized carbons (Fsp3) is 0.417. The number of aliphatic carboxylic acids is 1. The van der Waals surface area contributed by atoms with Crippen LogP contribution in [0.5, 0.6) is 5.75 Å². The van der Waals surface area contributed by atoms with Gasteiger partial charge in [-0.15, -0.1) is 0 Å². The van der Waals surface area contributed by atoms with Gasteiger partial charge in [-0.3, -0.25) is 9.78 Å². The fourth-order valence-electron chi connectivity index (χ4n) is 1.98. The first kappa shape index (κ1) is 12.3. The SMILES string of the molecule is O=C(O)[C@@H]1CCCN1C(=O)COc1cccnc1. The average molecular weight is 250 g/mol. The number of amides is 1. The van der Waals surface area contributed by atoms with Gasteiger partial charge in [0.1, 0.15) is 11.8 Å². The number of carbonyl (C=O) groups is 2. The van der Waals surface area contributed by atoms with Gasteiger partial charge >= 0.3 is 5.97 Å². The Balaban J connectivity index is 1.90. The highest BCUT2D eigenvalue weighted by atomic mass is 16.5. The van der Waals surface area contributed by atoms with Crippen LogP contribution in [-0.2, 0) is 9.59 Å². The molecule has 1 aromatic rings. The molecule has 18 heavy (non-hydrogen) atoms. The minimum Gasteiger partial charge on any atom is -0.482 e. The summed E-state index contributed by atoms with van der Waals surface area (Å²) < 4.78 is 5.26. The Morgan fingerprint density at radius 3 is 3.06 bits per heavy atom. The van der Waals surface area contributed by atoms with Crippen LogP contribution < -0.4 is 4.74 Å². The molecule has 6 heteroatoms. The maximum absolute atomic E-state index is 11.9. The van der Waals surface area contributed by atoms with Gasteiger partial charge in [-0.1, -0.05) is 0 Å². The monoisotopic (exact) mass is 250 g/mol. The maximum atomic E-state index is 11.9. The number of carbonyl (C=O) groups excluding carboxylic acids is 1. The Bertz CT molecular complexity index is 435. The van der Waals surface area contributed by atoms with Crippen molar-refractivity contribution in [2.75, 3.05) is 13.2 Å². The predicted molar refractivity (Wildman–Crippen MR) is 62.1 cm³/mol. The van der Waals surface area contributed by atoms with Gasteiger partial charge in [0.25, 0.3) is 5.91 Å². The molecular weight excluding hydrogens is 236 g/mol. The van der Waals surface area contributed by atoms with Gasteiger partial charge in [-0.2, -0.15) is 0 Å². The molecule has 1 fully saturated rings. The standard InChI is InChI=1S/C12H14N2O4/c15-11(8-18-9-3-1-5-13-7-9)14-6-2-4-10(14)12(16)17/h1,3,5,7,10H,2,4,6,8H2,(H,16,17)/t10-/m0/s1. The molecule has 1 N–H and O–H groups in total. The maximum Gasteiger partial charge on any atom is 0.326 e. The number of rotatable bonds is 4. The summed E-state index contributed by atoms with van der Waals surface area (Å²) >= 11 is 0. The number of pyridine rings is 1. The highest BCUT2D eigenvalue weighted by Gasteiger charge is 2.33. The van der Waals surface area contributed by atoms with Gasteiger partial charge in [0.15, 0.2) is 6.61 Å². The summed E-state index contributed by atoms with van der Waals surface area (Å²) in [5, 5.41) is 8.97. The number of ether oxygens (including phenoxy) is 1. The first-order chi connectivity index (χ1) is 8.68. The second kappa shape index (κ2) is 5.48. The summed E-state index contributed by atoms with van der Waals surface area (Å²) in [6.45, 7) is 0.321. The first-order valence-electron chi connectivity index (χ1n) is 5.73. The summed E-state index contributed by atoms with van der Waals surface area (Å²) in [4.78, 5) is 28.0. The van der Waals surface area contributed by atoms with Crippen LogP contribution in [0, 0.1) is 0 Å². The molecule has 1 aliphatic rings. The number of nitrogens with zero attached hydrogens (tertiary/aromatic N) is 2. The van der Waals surface area contributed by atoms with Crippen LogP contribution in [0.2, 0.25) is 0 Å². The number of aromatic nitrogens is 1. The molecule has 1 aromatic heterocycles. The highest BCUT2D eigenvalue weighted by Crippen LogP contribution is 2.17. The zero-order valence-electron chi connectivity index (χ0n) is 9.78. The fourth-order valence-corrected chi connectivity index (χ4v) is 1.98. The van der Waals surface area contributed by atoms with Gasteiger partial charge in [-0.05, 0) is 25.0 Å². The molecular formula is C12H14N2O4. The van der Waals surface area contributed by atoms with E-state index in [0.717, 1.165) is 6.42 Å². The van der Waals surface area contributed by atoms with Gasteiger partial charge in [0.05, 0.1) is 6.20 Å². The summed E-state index contributed by atoms with van der Waals surface area (Å²) in [5.41, 5.74) is 0. The molecule has 0 spiro atoms. The van der Waals surface area contributed by atoms with Gasteiger partial charge in [0.2, 0.25) is 0 Å². The van der Waals surface area contributed by atoms with Gasteiger partial charge in [-0.25, -0.2) is 4.79 Å². The molecule has 6 nitrogen and oxygen atoms in total. The smallest absolute Gasteiger partial charge is 0.326 e. The molecule has 1 saturated heterocycles. The molecule has 0 aliphatic carbocycles. The van der Waals surface area contributed by atoms with Crippen LogP contribution in [-0.4, -0.2) is 46.1 Å². The van der Waals surface area contributed by atoms with Crippen molar-refractivity contribution in [2.24, 2.45) is 0 Å². The van der Waals surface area contributed by atoms with E-state index in [-0.39, 0.29) is 12.5 Å². The van der Waals surface area contributed by atoms with Crippen molar-refractivity contribution >= 4 is 11.9 Å². The van der Waals surface area contributed by atoms with Crippen LogP contribution in [0.1, 0.15) is 12.8 Å². The lowest BCUT2D eigenvalue weighted by molar-refractivity contribution is -0.148. The van der Waals surface area contributed by atoms with Gasteiger partial charge < -0.3 is 14.7 Å². The third kappa shape index (κ3) is 2.77. The van der Waals surface area contributed by atoms with Crippen molar-refractivity contribution in [1.82, 2.24) is 9.88 Å². The normalized spacial score (nSPS) is 18.7. The summed E-state index contributed by atoms with van der Waals surface area (Å²) in [5.74, 6) is -0.761. The van der Waals surface area contributed by atoms with Crippen molar-refractivity contribution in [3.63, 3.8) is 0 Å². The Morgan fingerprint density at radius 2 is 2.39 bits per heavy atom. The number of likely N-dealkylation sites (tertiary alicyclic amines) is 1. The number of carboxylic acid groups (broad SMARTS) is 1. The zero-order valence-corrected chi connectivity index (χ0v) is 9.78. The van der Waals surface area contributed by atoms with Crippen LogP contribution in [0.15, 0.2) is 24.5 Å². The van der Waals surface area contributed by atoms with E-state index in [4.69, 9.17) is 9.84 Å². The lowest BCUT2D eigenvalue weighted by atomic mass is 10.2. The van der Waals surface area contributed by atoms with Crippen LogP contribution in [0.25, 0.3) is 0 Å². The minimum absolute atomic E-state index is 0.157. The van der Waals surface area contributed by atoms with E-state index in [9.17, 15) is 9.59 Å². The Kier molecular flexibility index (Phi) is 3.76. The molecule has 0 saturated carbocycles. The molecule has 0 unspecified atom stereocenters. The van der Waals surface area contributed by atoms with E-state index in [1.807, 2.05) is 0 Å². The number of hydrogen-bond donors (Lipinski definition) is 1. The second-order valence-electron chi connectivity index (χ2n) is 4.06. The van der Waals surface area contributed by atoms with E-state index in [1.54, 1.807) is 18.3 Å². The minimum atomic E-state index is -0.956. The van der Waals surface area contributed by atoms with Crippen molar-refractivity contribution in [3.8, 4) is 5.75 Å². The van der Waals surface area contributed by atoms with E-state index in [0.29, 0.717) is 18.7 Å². The molecule has 1 atom stereocenters. The summed E-state index contributed by atoms with van der Waals surface area (Å²) in [7, 11) is 0. The van der Waals surface area contributed by atoms with Crippen LogP contribution in [0.4, 0.5) is 0 Å². The van der Waals surface area contributed by atoms with E-state index >= 15 is 0 Å². The molecule has 96 valence electrons. The van der Waals surface area contributed by atoms with Crippen molar-refractivity contribution in [3.05, 3.63) is 24.5 Å². The lowest BCUT2D eigenvalue weighted by Crippen LogP contribution is -2.42.